The Bertz CT molecular complexity index is 900. The highest BCUT2D eigenvalue weighted by Crippen LogP contribution is 2.32. The van der Waals surface area contributed by atoms with Crippen LogP contribution in [0.1, 0.15) is 17.6 Å². The highest BCUT2D eigenvalue weighted by molar-refractivity contribution is 5.69. The van der Waals surface area contributed by atoms with E-state index in [1.165, 1.54) is 12.1 Å². The molecule has 0 N–H and O–H groups in total. The standard InChI is InChI=1S/C18H11F5N2/c1-9-7-24-18(25-8-9)10-2-3-12(13(19)4-10)11-5-14(20)16(17(22)23)15(21)6-11/h2-8,17H,1H3. The largest absolute Gasteiger partial charge is 0.269 e. The zero-order valence-electron chi connectivity index (χ0n) is 12.9. The van der Waals surface area contributed by atoms with Crippen LogP contribution in [0.25, 0.3) is 22.5 Å². The van der Waals surface area contributed by atoms with Gasteiger partial charge in [-0.3, -0.25) is 0 Å². The first kappa shape index (κ1) is 17.0. The molecule has 0 bridgehead atoms. The maximum absolute atomic E-state index is 14.4. The van der Waals surface area contributed by atoms with Crippen molar-refractivity contribution in [3.63, 3.8) is 0 Å². The van der Waals surface area contributed by atoms with E-state index in [4.69, 9.17) is 0 Å². The molecule has 0 atom stereocenters. The maximum atomic E-state index is 14.4. The van der Waals surface area contributed by atoms with Gasteiger partial charge < -0.3 is 0 Å². The van der Waals surface area contributed by atoms with E-state index in [9.17, 15) is 22.0 Å². The minimum absolute atomic E-state index is 0.116. The summed E-state index contributed by atoms with van der Waals surface area (Å²) in [5, 5.41) is 0. The second-order valence-electron chi connectivity index (χ2n) is 5.43. The van der Waals surface area contributed by atoms with Crippen molar-refractivity contribution in [2.75, 3.05) is 0 Å². The number of benzene rings is 2. The second kappa shape index (κ2) is 6.58. The molecule has 2 aromatic carbocycles. The summed E-state index contributed by atoms with van der Waals surface area (Å²) in [4.78, 5) is 8.14. The average molecular weight is 350 g/mol. The van der Waals surface area contributed by atoms with Crippen molar-refractivity contribution in [1.82, 2.24) is 9.97 Å². The van der Waals surface area contributed by atoms with Gasteiger partial charge in [-0.1, -0.05) is 12.1 Å². The third kappa shape index (κ3) is 3.35. The molecule has 7 heteroatoms. The molecule has 0 amide bonds. The van der Waals surface area contributed by atoms with Crippen molar-refractivity contribution < 1.29 is 22.0 Å². The molecule has 0 aliphatic carbocycles. The Balaban J connectivity index is 2.03. The SMILES string of the molecule is Cc1cnc(-c2ccc(-c3cc(F)c(C(F)F)c(F)c3)c(F)c2)nc1. The number of hydrogen-bond acceptors (Lipinski definition) is 2. The number of aryl methyl sites for hydroxylation is 1. The highest BCUT2D eigenvalue weighted by atomic mass is 19.3. The summed E-state index contributed by atoms with van der Waals surface area (Å²) in [6.07, 6.45) is -0.149. The predicted molar refractivity (Wildman–Crippen MR) is 82.5 cm³/mol. The third-order valence-electron chi connectivity index (χ3n) is 3.62. The summed E-state index contributed by atoms with van der Waals surface area (Å²) in [5.41, 5.74) is -0.395. The van der Waals surface area contributed by atoms with Crippen LogP contribution in [0.4, 0.5) is 22.0 Å². The molecular formula is C18H11F5N2. The van der Waals surface area contributed by atoms with Gasteiger partial charge in [0.25, 0.3) is 6.43 Å². The monoisotopic (exact) mass is 350 g/mol. The normalized spacial score (nSPS) is 11.2. The lowest BCUT2D eigenvalue weighted by molar-refractivity contribution is 0.141. The van der Waals surface area contributed by atoms with E-state index >= 15 is 0 Å². The number of halogens is 5. The Hall–Kier alpha value is -2.83. The van der Waals surface area contributed by atoms with Gasteiger partial charge in [0.15, 0.2) is 5.82 Å². The van der Waals surface area contributed by atoms with E-state index in [0.717, 1.165) is 11.6 Å². The van der Waals surface area contributed by atoms with Gasteiger partial charge in [-0.05, 0) is 36.2 Å². The van der Waals surface area contributed by atoms with Crippen molar-refractivity contribution in [3.8, 4) is 22.5 Å². The molecule has 0 radical (unpaired) electrons. The van der Waals surface area contributed by atoms with Crippen LogP contribution in [-0.2, 0) is 0 Å². The van der Waals surface area contributed by atoms with Gasteiger partial charge in [0.05, 0.1) is 5.56 Å². The molecule has 3 rings (SSSR count). The molecule has 0 aliphatic rings. The fourth-order valence-electron chi connectivity index (χ4n) is 2.38. The molecule has 25 heavy (non-hydrogen) atoms. The van der Waals surface area contributed by atoms with E-state index < -0.39 is 29.4 Å². The summed E-state index contributed by atoms with van der Waals surface area (Å²) < 4.78 is 67.0. The second-order valence-corrected chi connectivity index (χ2v) is 5.43. The lowest BCUT2D eigenvalue weighted by atomic mass is 10.0. The molecule has 0 saturated heterocycles. The Labute approximate surface area is 140 Å². The molecule has 0 spiro atoms. The van der Waals surface area contributed by atoms with Crippen LogP contribution < -0.4 is 0 Å². The first-order valence-electron chi connectivity index (χ1n) is 7.23. The van der Waals surface area contributed by atoms with Gasteiger partial charge in [-0.25, -0.2) is 31.9 Å². The van der Waals surface area contributed by atoms with Gasteiger partial charge >= 0.3 is 0 Å². The molecule has 1 heterocycles. The molecule has 0 saturated carbocycles. The van der Waals surface area contributed by atoms with Crippen LogP contribution in [0, 0.1) is 24.4 Å². The minimum Gasteiger partial charge on any atom is -0.236 e. The van der Waals surface area contributed by atoms with E-state index in [0.29, 0.717) is 23.5 Å². The fraction of sp³-hybridized carbons (Fsp3) is 0.111. The number of alkyl halides is 2. The molecule has 0 aliphatic heterocycles. The van der Waals surface area contributed by atoms with Crippen LogP contribution in [0.5, 0.6) is 0 Å². The Kier molecular flexibility index (Phi) is 4.48. The zero-order chi connectivity index (χ0) is 18.1. The number of hydrogen-bond donors (Lipinski definition) is 0. The number of nitrogens with zero attached hydrogens (tertiary/aromatic N) is 2. The molecule has 2 nitrogen and oxygen atoms in total. The third-order valence-corrected chi connectivity index (χ3v) is 3.62. The van der Waals surface area contributed by atoms with Crippen molar-refractivity contribution in [2.24, 2.45) is 0 Å². The first-order valence-corrected chi connectivity index (χ1v) is 7.23. The highest BCUT2D eigenvalue weighted by Gasteiger charge is 2.21. The summed E-state index contributed by atoms with van der Waals surface area (Å²) in [6.45, 7) is 1.81. The van der Waals surface area contributed by atoms with Crippen molar-refractivity contribution in [1.29, 1.82) is 0 Å². The van der Waals surface area contributed by atoms with Gasteiger partial charge in [0.2, 0.25) is 0 Å². The topological polar surface area (TPSA) is 25.8 Å². The average Bonchev–Trinajstić information content (AvgIpc) is 2.54. The number of aromatic nitrogens is 2. The smallest absolute Gasteiger partial charge is 0.236 e. The van der Waals surface area contributed by atoms with Crippen molar-refractivity contribution in [3.05, 3.63) is 71.3 Å². The van der Waals surface area contributed by atoms with Crippen LogP contribution in [0.2, 0.25) is 0 Å². The van der Waals surface area contributed by atoms with Crippen LogP contribution >= 0.6 is 0 Å². The Morgan fingerprint density at radius 2 is 1.36 bits per heavy atom. The molecule has 0 unspecified atom stereocenters. The minimum atomic E-state index is -3.29. The Morgan fingerprint density at radius 3 is 1.88 bits per heavy atom. The lowest BCUT2D eigenvalue weighted by Crippen LogP contribution is -1.98. The van der Waals surface area contributed by atoms with E-state index in [-0.39, 0.29) is 11.1 Å². The van der Waals surface area contributed by atoms with Crippen molar-refractivity contribution >= 4 is 0 Å². The van der Waals surface area contributed by atoms with Gasteiger partial charge in [-0.15, -0.1) is 0 Å². The van der Waals surface area contributed by atoms with Gasteiger partial charge in [0, 0.05) is 23.5 Å². The zero-order valence-corrected chi connectivity index (χ0v) is 12.9. The quantitative estimate of drug-likeness (QED) is 0.585. The predicted octanol–water partition coefficient (Wildman–Crippen LogP) is 5.47. The van der Waals surface area contributed by atoms with Crippen LogP contribution in [-0.4, -0.2) is 9.97 Å². The molecule has 1 aromatic heterocycles. The van der Waals surface area contributed by atoms with Gasteiger partial charge in [0.1, 0.15) is 17.5 Å². The Morgan fingerprint density at radius 1 is 0.800 bits per heavy atom. The van der Waals surface area contributed by atoms with Gasteiger partial charge in [-0.2, -0.15) is 0 Å². The van der Waals surface area contributed by atoms with Crippen molar-refractivity contribution in [2.45, 2.75) is 13.3 Å². The molecular weight excluding hydrogens is 339 g/mol. The van der Waals surface area contributed by atoms with Crippen LogP contribution in [0.15, 0.2) is 42.7 Å². The summed E-state index contributed by atoms with van der Waals surface area (Å²) >= 11 is 0. The number of rotatable bonds is 3. The molecule has 0 fully saturated rings. The summed E-state index contributed by atoms with van der Waals surface area (Å²) in [6, 6.07) is 5.27. The molecule has 128 valence electrons. The van der Waals surface area contributed by atoms with E-state index in [1.54, 1.807) is 19.3 Å². The summed E-state index contributed by atoms with van der Waals surface area (Å²) in [7, 11) is 0. The molecule has 3 aromatic rings. The lowest BCUT2D eigenvalue weighted by Gasteiger charge is -2.09. The maximum Gasteiger partial charge on any atom is 0.269 e. The fourth-order valence-corrected chi connectivity index (χ4v) is 2.38. The first-order chi connectivity index (χ1) is 11.9. The van der Waals surface area contributed by atoms with Crippen LogP contribution in [0.3, 0.4) is 0 Å². The van der Waals surface area contributed by atoms with E-state index in [2.05, 4.69) is 9.97 Å². The van der Waals surface area contributed by atoms with E-state index in [1.807, 2.05) is 0 Å². The summed E-state index contributed by atoms with van der Waals surface area (Å²) in [5.74, 6) is -3.32.